The number of nitrogens with zero attached hydrogens (tertiary/aromatic N) is 3. The third-order valence-corrected chi connectivity index (χ3v) is 9.01. The van der Waals surface area contributed by atoms with E-state index in [1.54, 1.807) is 29.1 Å². The van der Waals surface area contributed by atoms with Gasteiger partial charge in [-0.3, -0.25) is 4.79 Å². The van der Waals surface area contributed by atoms with Crippen molar-refractivity contribution in [2.75, 3.05) is 31.1 Å². The predicted octanol–water partition coefficient (Wildman–Crippen LogP) is 2.34. The highest BCUT2D eigenvalue weighted by molar-refractivity contribution is 7.89. The molecule has 28 heavy (non-hydrogen) atoms. The summed E-state index contributed by atoms with van der Waals surface area (Å²) in [5, 5.41) is -0.404. The lowest BCUT2D eigenvalue weighted by molar-refractivity contribution is -0.129. The summed E-state index contributed by atoms with van der Waals surface area (Å²) in [4.78, 5) is 15.3. The van der Waals surface area contributed by atoms with Crippen molar-refractivity contribution in [3.8, 4) is 0 Å². The van der Waals surface area contributed by atoms with Crippen molar-refractivity contribution in [2.45, 2.75) is 56.9 Å². The minimum absolute atomic E-state index is 0.0622. The molecular weight excluding hydrogens is 381 g/mol. The molecule has 1 amide bonds. The zero-order valence-corrected chi connectivity index (χ0v) is 17.3. The van der Waals surface area contributed by atoms with E-state index in [-0.39, 0.29) is 23.8 Å². The molecule has 2 saturated heterocycles. The molecule has 1 unspecified atom stereocenters. The smallest absolute Gasteiger partial charge is 0.219 e. The molecule has 6 nitrogen and oxygen atoms in total. The fourth-order valence-electron chi connectivity index (χ4n) is 4.43. The van der Waals surface area contributed by atoms with Gasteiger partial charge in [-0.05, 0) is 44.7 Å². The maximum Gasteiger partial charge on any atom is 0.219 e. The van der Waals surface area contributed by atoms with Crippen LogP contribution in [0.3, 0.4) is 0 Å². The summed E-state index contributed by atoms with van der Waals surface area (Å²) < 4.78 is 42.1. The molecule has 8 heteroatoms. The average molecular weight is 410 g/mol. The molecule has 4 rings (SSSR count). The van der Waals surface area contributed by atoms with Gasteiger partial charge in [-0.25, -0.2) is 12.8 Å². The van der Waals surface area contributed by atoms with Gasteiger partial charge in [-0.2, -0.15) is 4.31 Å². The summed E-state index contributed by atoms with van der Waals surface area (Å²) in [6.45, 7) is 6.01. The van der Waals surface area contributed by atoms with Crippen molar-refractivity contribution in [3.63, 3.8) is 0 Å². The number of benzene rings is 1. The number of piperazine rings is 1. The molecule has 0 radical (unpaired) electrons. The summed E-state index contributed by atoms with van der Waals surface area (Å²) in [5.74, 6) is -0.303. The van der Waals surface area contributed by atoms with Crippen LogP contribution in [0.4, 0.5) is 10.1 Å². The Morgan fingerprint density at radius 3 is 2.43 bits per heavy atom. The lowest BCUT2D eigenvalue weighted by atomic mass is 10.1. The minimum atomic E-state index is -3.39. The summed E-state index contributed by atoms with van der Waals surface area (Å²) in [5.41, 5.74) is 0.926. The van der Waals surface area contributed by atoms with Crippen LogP contribution < -0.4 is 4.90 Å². The summed E-state index contributed by atoms with van der Waals surface area (Å²) in [6, 6.07) is 5.08. The van der Waals surface area contributed by atoms with Gasteiger partial charge in [0.15, 0.2) is 0 Å². The minimum Gasteiger partial charge on any atom is -0.368 e. The zero-order valence-electron chi connectivity index (χ0n) is 16.5. The molecule has 3 fully saturated rings. The van der Waals surface area contributed by atoms with E-state index in [9.17, 15) is 17.6 Å². The molecule has 2 aliphatic heterocycles. The van der Waals surface area contributed by atoms with Crippen LogP contribution in [0, 0.1) is 5.82 Å². The molecule has 154 valence electrons. The second-order valence-electron chi connectivity index (χ2n) is 8.39. The van der Waals surface area contributed by atoms with Crippen LogP contribution in [0.2, 0.25) is 0 Å². The number of rotatable bonds is 3. The summed E-state index contributed by atoms with van der Waals surface area (Å²) in [7, 11) is -3.39. The highest BCUT2D eigenvalue weighted by atomic mass is 32.2. The monoisotopic (exact) mass is 409 g/mol. The highest BCUT2D eigenvalue weighted by Crippen LogP contribution is 2.51. The second-order valence-corrected chi connectivity index (χ2v) is 10.7. The SMILES string of the molecule is CC(=O)N1CCN(c2ccc(CN3C4(CCC(C)S3(=O)=O)CC4)c(F)c2)CC1. The van der Waals surface area contributed by atoms with E-state index in [1.807, 2.05) is 6.07 Å². The maximum atomic E-state index is 14.9. The Hall–Kier alpha value is -1.67. The molecule has 1 aromatic carbocycles. The lowest BCUT2D eigenvalue weighted by Gasteiger charge is -2.38. The molecule has 0 aromatic heterocycles. The van der Waals surface area contributed by atoms with E-state index in [2.05, 4.69) is 4.90 Å². The van der Waals surface area contributed by atoms with E-state index in [0.29, 0.717) is 38.2 Å². The van der Waals surface area contributed by atoms with E-state index >= 15 is 0 Å². The standard InChI is InChI=1S/C20H28FN3O3S/c1-15-5-6-20(7-8-20)24(28(15,26)27)14-17-3-4-18(13-19(17)21)23-11-9-22(10-12-23)16(2)25/h3-4,13,15H,5-12,14H2,1-2H3. The predicted molar refractivity (Wildman–Crippen MR) is 106 cm³/mol. The van der Waals surface area contributed by atoms with Crippen molar-refractivity contribution in [3.05, 3.63) is 29.6 Å². The van der Waals surface area contributed by atoms with E-state index in [0.717, 1.165) is 24.9 Å². The fourth-order valence-corrected chi connectivity index (χ4v) is 6.41. The third-order valence-electron chi connectivity index (χ3n) is 6.63. The Bertz CT molecular complexity index is 877. The number of sulfonamides is 1. The van der Waals surface area contributed by atoms with Crippen molar-refractivity contribution >= 4 is 21.6 Å². The summed E-state index contributed by atoms with van der Waals surface area (Å²) >= 11 is 0. The van der Waals surface area contributed by atoms with Crippen LogP contribution >= 0.6 is 0 Å². The number of hydrogen-bond acceptors (Lipinski definition) is 4. The quantitative estimate of drug-likeness (QED) is 0.769. The summed E-state index contributed by atoms with van der Waals surface area (Å²) in [6.07, 6.45) is 3.30. The van der Waals surface area contributed by atoms with Crippen molar-refractivity contribution in [1.82, 2.24) is 9.21 Å². The molecule has 1 aliphatic carbocycles. The first kappa shape index (κ1) is 19.6. The van der Waals surface area contributed by atoms with Gasteiger partial charge in [0, 0.05) is 56.4 Å². The molecule has 0 bridgehead atoms. The topological polar surface area (TPSA) is 60.9 Å². The van der Waals surface area contributed by atoms with Gasteiger partial charge in [-0.15, -0.1) is 0 Å². The number of halogens is 1. The first-order valence-corrected chi connectivity index (χ1v) is 11.5. The normalized spacial score (nSPS) is 26.5. The average Bonchev–Trinajstić information content (AvgIpc) is 3.44. The highest BCUT2D eigenvalue weighted by Gasteiger charge is 2.56. The molecule has 1 saturated carbocycles. The van der Waals surface area contributed by atoms with E-state index in [4.69, 9.17) is 0 Å². The Labute approximate surface area is 166 Å². The van der Waals surface area contributed by atoms with Gasteiger partial charge in [0.1, 0.15) is 5.82 Å². The zero-order chi connectivity index (χ0) is 20.1. The maximum absolute atomic E-state index is 14.9. The Balaban J connectivity index is 1.50. The van der Waals surface area contributed by atoms with Gasteiger partial charge in [-0.1, -0.05) is 6.07 Å². The number of anilines is 1. The fraction of sp³-hybridized carbons (Fsp3) is 0.650. The number of carbonyl (C=O) groups is 1. The van der Waals surface area contributed by atoms with Gasteiger partial charge in [0.25, 0.3) is 0 Å². The van der Waals surface area contributed by atoms with Crippen LogP contribution in [0.25, 0.3) is 0 Å². The van der Waals surface area contributed by atoms with Crippen molar-refractivity contribution < 1.29 is 17.6 Å². The van der Waals surface area contributed by atoms with Crippen molar-refractivity contribution in [1.29, 1.82) is 0 Å². The Morgan fingerprint density at radius 2 is 1.86 bits per heavy atom. The largest absolute Gasteiger partial charge is 0.368 e. The van der Waals surface area contributed by atoms with Crippen LogP contribution in [0.1, 0.15) is 45.1 Å². The third kappa shape index (κ3) is 3.41. The van der Waals surface area contributed by atoms with E-state index < -0.39 is 15.3 Å². The molecule has 2 heterocycles. The van der Waals surface area contributed by atoms with Crippen molar-refractivity contribution in [2.24, 2.45) is 0 Å². The first-order valence-electron chi connectivity index (χ1n) is 10.0. The number of carbonyl (C=O) groups excluding carboxylic acids is 1. The molecule has 1 atom stereocenters. The number of hydrogen-bond donors (Lipinski definition) is 0. The molecular formula is C20H28FN3O3S. The van der Waals surface area contributed by atoms with Crippen LogP contribution in [0.15, 0.2) is 18.2 Å². The van der Waals surface area contributed by atoms with Gasteiger partial charge >= 0.3 is 0 Å². The molecule has 3 aliphatic rings. The molecule has 1 spiro atoms. The van der Waals surface area contributed by atoms with Gasteiger partial charge in [0.05, 0.1) is 5.25 Å². The van der Waals surface area contributed by atoms with Crippen LogP contribution in [-0.2, 0) is 21.4 Å². The first-order chi connectivity index (χ1) is 13.2. The Morgan fingerprint density at radius 1 is 1.18 bits per heavy atom. The second kappa shape index (κ2) is 6.99. The molecule has 0 N–H and O–H groups in total. The van der Waals surface area contributed by atoms with Crippen LogP contribution in [-0.4, -0.2) is 60.5 Å². The lowest BCUT2D eigenvalue weighted by Crippen LogP contribution is -2.50. The Kier molecular flexibility index (Phi) is 4.90. The van der Waals surface area contributed by atoms with E-state index in [1.165, 1.54) is 6.07 Å². The van der Waals surface area contributed by atoms with Gasteiger partial charge < -0.3 is 9.80 Å². The van der Waals surface area contributed by atoms with Gasteiger partial charge in [0.2, 0.25) is 15.9 Å². The van der Waals surface area contributed by atoms with Crippen LogP contribution in [0.5, 0.6) is 0 Å². The molecule has 1 aromatic rings. The number of amides is 1.